The number of phenolic OH excluding ortho intramolecular Hbond substituents is 1. The van der Waals surface area contributed by atoms with Gasteiger partial charge in [-0.1, -0.05) is 72.8 Å². The second kappa shape index (κ2) is 7.54. The molecule has 0 aliphatic carbocycles. The highest BCUT2D eigenvalue weighted by Crippen LogP contribution is 2.40. The average molecular weight is 355 g/mol. The molecule has 4 rings (SSSR count). The van der Waals surface area contributed by atoms with Crippen LogP contribution >= 0.6 is 0 Å². The highest BCUT2D eigenvalue weighted by atomic mass is 16.3. The number of nitrogens with zero attached hydrogens (tertiary/aromatic N) is 3. The molecule has 0 spiro atoms. The van der Waals surface area contributed by atoms with Crippen LogP contribution in [0.25, 0.3) is 0 Å². The summed E-state index contributed by atoms with van der Waals surface area (Å²) >= 11 is 0. The third-order valence-corrected chi connectivity index (χ3v) is 5.12. The summed E-state index contributed by atoms with van der Waals surface area (Å²) in [5, 5.41) is 22.4. The van der Waals surface area contributed by atoms with E-state index in [0.29, 0.717) is 0 Å². The van der Waals surface area contributed by atoms with Gasteiger partial charge in [-0.3, -0.25) is 0 Å². The van der Waals surface area contributed by atoms with E-state index in [1.165, 1.54) is 11.1 Å². The van der Waals surface area contributed by atoms with Crippen molar-refractivity contribution in [1.29, 1.82) is 0 Å². The van der Waals surface area contributed by atoms with E-state index in [1.807, 2.05) is 30.5 Å². The van der Waals surface area contributed by atoms with Crippen LogP contribution in [0.4, 0.5) is 0 Å². The van der Waals surface area contributed by atoms with E-state index in [9.17, 15) is 5.11 Å². The number of hydrogen-bond donors (Lipinski definition) is 1. The molecule has 134 valence electrons. The number of aromatic hydroxyl groups is 1. The number of benzene rings is 3. The van der Waals surface area contributed by atoms with Crippen molar-refractivity contribution in [2.24, 2.45) is 21.4 Å². The van der Waals surface area contributed by atoms with Gasteiger partial charge in [-0.25, -0.2) is 0 Å². The number of hydrogen-bond acceptors (Lipinski definition) is 4. The maximum atomic E-state index is 9.70. The molecule has 0 bridgehead atoms. The molecule has 1 unspecified atom stereocenters. The van der Waals surface area contributed by atoms with Crippen molar-refractivity contribution in [3.63, 3.8) is 0 Å². The zero-order valence-corrected chi connectivity index (χ0v) is 14.9. The Bertz CT molecular complexity index is 881. The van der Waals surface area contributed by atoms with Gasteiger partial charge in [0.05, 0.1) is 6.21 Å². The minimum atomic E-state index is -0.640. The second-order valence-electron chi connectivity index (χ2n) is 6.88. The van der Waals surface area contributed by atoms with Gasteiger partial charge in [0, 0.05) is 5.92 Å². The van der Waals surface area contributed by atoms with Crippen LogP contribution < -0.4 is 0 Å². The molecule has 1 N–H and O–H groups in total. The van der Waals surface area contributed by atoms with Gasteiger partial charge in [0.1, 0.15) is 11.3 Å². The molecule has 27 heavy (non-hydrogen) atoms. The van der Waals surface area contributed by atoms with E-state index in [-0.39, 0.29) is 11.7 Å². The molecule has 3 aromatic rings. The first kappa shape index (κ1) is 17.2. The van der Waals surface area contributed by atoms with Crippen molar-refractivity contribution >= 4 is 6.21 Å². The fourth-order valence-corrected chi connectivity index (χ4v) is 3.70. The lowest BCUT2D eigenvalue weighted by molar-refractivity contribution is 0.362. The summed E-state index contributed by atoms with van der Waals surface area (Å²) in [6.07, 6.45) is 3.54. The van der Waals surface area contributed by atoms with Crippen molar-refractivity contribution < 1.29 is 5.11 Å². The van der Waals surface area contributed by atoms with Gasteiger partial charge in [0.25, 0.3) is 0 Å². The van der Waals surface area contributed by atoms with Crippen LogP contribution in [0.5, 0.6) is 5.75 Å². The van der Waals surface area contributed by atoms with Crippen molar-refractivity contribution in [1.82, 2.24) is 0 Å². The largest absolute Gasteiger partial charge is 0.508 e. The first-order valence-electron chi connectivity index (χ1n) is 9.10. The number of phenols is 1. The Morgan fingerprint density at radius 1 is 0.741 bits per heavy atom. The Morgan fingerprint density at radius 3 is 1.78 bits per heavy atom. The molecule has 0 aromatic heterocycles. The van der Waals surface area contributed by atoms with Crippen LogP contribution in [0.1, 0.15) is 16.7 Å². The summed E-state index contributed by atoms with van der Waals surface area (Å²) in [6.45, 7) is 0. The van der Waals surface area contributed by atoms with E-state index in [4.69, 9.17) is 0 Å². The fourth-order valence-electron chi connectivity index (χ4n) is 3.70. The quantitative estimate of drug-likeness (QED) is 0.654. The number of rotatable bonds is 6. The molecule has 1 heterocycles. The van der Waals surface area contributed by atoms with E-state index in [1.54, 1.807) is 12.1 Å². The summed E-state index contributed by atoms with van der Waals surface area (Å²) in [6, 6.07) is 28.1. The lowest BCUT2D eigenvalue weighted by Gasteiger charge is -2.32. The lowest BCUT2D eigenvalue weighted by atomic mass is 9.73. The molecule has 3 aromatic carbocycles. The molecule has 0 saturated heterocycles. The maximum Gasteiger partial charge on any atom is 0.149 e. The Balaban J connectivity index is 1.76. The van der Waals surface area contributed by atoms with Crippen LogP contribution in [0.3, 0.4) is 0 Å². The molecule has 0 amide bonds. The van der Waals surface area contributed by atoms with Crippen LogP contribution in [0.15, 0.2) is 100 Å². The van der Waals surface area contributed by atoms with Crippen molar-refractivity contribution in [3.05, 3.63) is 102 Å². The molecule has 0 fully saturated rings. The van der Waals surface area contributed by atoms with Gasteiger partial charge in [-0.2, -0.15) is 5.11 Å². The maximum absolute atomic E-state index is 9.70. The molecule has 1 aliphatic rings. The van der Waals surface area contributed by atoms with Crippen molar-refractivity contribution in [2.75, 3.05) is 0 Å². The van der Waals surface area contributed by atoms with Crippen LogP contribution in [-0.2, 0) is 18.4 Å². The van der Waals surface area contributed by atoms with Gasteiger partial charge >= 0.3 is 0 Å². The average Bonchev–Trinajstić information content (AvgIpc) is 3.21. The zero-order valence-electron chi connectivity index (χ0n) is 14.9. The topological polar surface area (TPSA) is 57.3 Å². The first-order valence-corrected chi connectivity index (χ1v) is 9.10. The molecule has 1 aliphatic heterocycles. The van der Waals surface area contributed by atoms with E-state index in [0.717, 1.165) is 18.4 Å². The Hall–Kier alpha value is -3.27. The first-order chi connectivity index (χ1) is 13.3. The third-order valence-electron chi connectivity index (χ3n) is 5.12. The van der Waals surface area contributed by atoms with Gasteiger partial charge in [-0.15, -0.1) is 5.10 Å². The fraction of sp³-hybridized carbons (Fsp3) is 0.174. The van der Waals surface area contributed by atoms with Crippen LogP contribution in [0, 0.1) is 5.92 Å². The molecule has 1 atom stereocenters. The Kier molecular flexibility index (Phi) is 4.79. The summed E-state index contributed by atoms with van der Waals surface area (Å²) < 4.78 is 0. The standard InChI is InChI=1S/C23H21N3O/c27-22-13-11-20(12-14-22)23(17-24-26-25-23)21(15-18-7-3-1-4-8-18)16-19-9-5-2-6-10-19/h1-14,17,21,27H,15-16H2. The summed E-state index contributed by atoms with van der Waals surface area (Å²) in [7, 11) is 0. The predicted octanol–water partition coefficient (Wildman–Crippen LogP) is 5.14. The SMILES string of the molecule is Oc1ccc(C2(C(Cc3ccccc3)Cc3ccccc3)C=NN=N2)cc1. The third kappa shape index (κ3) is 3.65. The van der Waals surface area contributed by atoms with Crippen molar-refractivity contribution in [2.45, 2.75) is 18.4 Å². The Morgan fingerprint density at radius 2 is 1.30 bits per heavy atom. The molecular weight excluding hydrogens is 334 g/mol. The predicted molar refractivity (Wildman–Crippen MR) is 107 cm³/mol. The highest BCUT2D eigenvalue weighted by Gasteiger charge is 2.42. The van der Waals surface area contributed by atoms with E-state index in [2.05, 4.69) is 64.0 Å². The molecule has 0 radical (unpaired) electrons. The van der Waals surface area contributed by atoms with Crippen LogP contribution in [-0.4, -0.2) is 11.3 Å². The summed E-state index contributed by atoms with van der Waals surface area (Å²) in [5.74, 6) is 0.380. The van der Waals surface area contributed by atoms with Gasteiger partial charge in [-0.05, 0) is 46.9 Å². The normalized spacial score (nSPS) is 18.3. The van der Waals surface area contributed by atoms with Crippen molar-refractivity contribution in [3.8, 4) is 5.75 Å². The summed E-state index contributed by atoms with van der Waals surface area (Å²) in [5.41, 5.74) is 2.86. The molecule has 4 nitrogen and oxygen atoms in total. The van der Waals surface area contributed by atoms with E-state index < -0.39 is 5.54 Å². The molecule has 4 heteroatoms. The van der Waals surface area contributed by atoms with E-state index >= 15 is 0 Å². The van der Waals surface area contributed by atoms with Crippen LogP contribution in [0.2, 0.25) is 0 Å². The smallest absolute Gasteiger partial charge is 0.149 e. The highest BCUT2D eigenvalue weighted by molar-refractivity contribution is 5.75. The minimum Gasteiger partial charge on any atom is -0.508 e. The van der Waals surface area contributed by atoms with Gasteiger partial charge in [0.2, 0.25) is 0 Å². The molecular formula is C23H21N3O. The summed E-state index contributed by atoms with van der Waals surface area (Å²) in [4.78, 5) is 0. The lowest BCUT2D eigenvalue weighted by Crippen LogP contribution is -2.36. The minimum absolute atomic E-state index is 0.141. The second-order valence-corrected chi connectivity index (χ2v) is 6.88. The monoisotopic (exact) mass is 355 g/mol. The van der Waals surface area contributed by atoms with Gasteiger partial charge < -0.3 is 5.11 Å². The Labute approximate surface area is 158 Å². The van der Waals surface area contributed by atoms with Gasteiger partial charge in [0.15, 0.2) is 0 Å². The molecule has 0 saturated carbocycles. The zero-order chi connectivity index (χ0) is 18.5.